The van der Waals surface area contributed by atoms with E-state index >= 15 is 0 Å². The van der Waals surface area contributed by atoms with Crippen molar-refractivity contribution in [1.29, 1.82) is 0 Å². The molecule has 0 radical (unpaired) electrons. The van der Waals surface area contributed by atoms with Gasteiger partial charge < -0.3 is 4.74 Å². The Balaban J connectivity index is 2.01. The Morgan fingerprint density at radius 2 is 1.29 bits per heavy atom. The van der Waals surface area contributed by atoms with Gasteiger partial charge in [-0.25, -0.2) is 0 Å². The van der Waals surface area contributed by atoms with Gasteiger partial charge in [0.25, 0.3) is 0 Å². The molecule has 0 aromatic heterocycles. The Bertz CT molecular complexity index is 374. The summed E-state index contributed by atoms with van der Waals surface area (Å²) < 4.78 is 5.85. The average Bonchev–Trinajstić information content (AvgIpc) is 2.61. The molecule has 1 aromatic carbocycles. The standard InChI is InChI=1S/C22H37BrO/c1-2-3-4-5-8-11-14-21-15-17-22(18-16-21)24-20-13-10-7-6-9-12-19-23/h15-18H,2-14,19-20H2,1H3. The lowest BCUT2D eigenvalue weighted by atomic mass is 10.0. The maximum atomic E-state index is 5.85. The molecule has 0 aliphatic rings. The lowest BCUT2D eigenvalue weighted by molar-refractivity contribution is 0.304. The van der Waals surface area contributed by atoms with Gasteiger partial charge in [-0.3, -0.25) is 0 Å². The van der Waals surface area contributed by atoms with E-state index in [0.29, 0.717) is 0 Å². The van der Waals surface area contributed by atoms with E-state index in [0.717, 1.165) is 17.7 Å². The number of halogens is 1. The second kappa shape index (κ2) is 16.0. The van der Waals surface area contributed by atoms with Gasteiger partial charge in [0.1, 0.15) is 5.75 Å². The number of ether oxygens (including phenoxy) is 1. The molecule has 0 heterocycles. The van der Waals surface area contributed by atoms with Crippen LogP contribution in [0.2, 0.25) is 0 Å². The van der Waals surface area contributed by atoms with E-state index in [1.165, 1.54) is 89.0 Å². The van der Waals surface area contributed by atoms with Gasteiger partial charge in [0.05, 0.1) is 6.61 Å². The van der Waals surface area contributed by atoms with Gasteiger partial charge in [0, 0.05) is 5.33 Å². The summed E-state index contributed by atoms with van der Waals surface area (Å²) in [7, 11) is 0. The fourth-order valence-corrected chi connectivity index (χ4v) is 3.35. The average molecular weight is 397 g/mol. The summed E-state index contributed by atoms with van der Waals surface area (Å²) in [6.07, 6.45) is 17.2. The van der Waals surface area contributed by atoms with Gasteiger partial charge >= 0.3 is 0 Å². The molecule has 0 bridgehead atoms. The molecule has 0 spiro atoms. The molecule has 0 fully saturated rings. The molecular formula is C22H37BrO. The Morgan fingerprint density at radius 3 is 1.96 bits per heavy atom. The second-order valence-electron chi connectivity index (χ2n) is 6.82. The maximum absolute atomic E-state index is 5.85. The van der Waals surface area contributed by atoms with Gasteiger partial charge in [-0.05, 0) is 43.4 Å². The number of hydrogen-bond acceptors (Lipinski definition) is 1. The molecule has 0 saturated heterocycles. The highest BCUT2D eigenvalue weighted by Crippen LogP contribution is 2.16. The second-order valence-corrected chi connectivity index (χ2v) is 7.61. The first-order chi connectivity index (χ1) is 11.9. The van der Waals surface area contributed by atoms with Gasteiger partial charge in [0.15, 0.2) is 0 Å². The monoisotopic (exact) mass is 396 g/mol. The zero-order chi connectivity index (χ0) is 17.3. The molecule has 0 aliphatic carbocycles. The highest BCUT2D eigenvalue weighted by atomic mass is 79.9. The summed E-state index contributed by atoms with van der Waals surface area (Å²) in [5.74, 6) is 1.03. The Hall–Kier alpha value is -0.500. The van der Waals surface area contributed by atoms with Crippen molar-refractivity contribution < 1.29 is 4.74 Å². The van der Waals surface area contributed by atoms with Crippen LogP contribution in [0.4, 0.5) is 0 Å². The van der Waals surface area contributed by atoms with Crippen LogP contribution in [0.15, 0.2) is 24.3 Å². The van der Waals surface area contributed by atoms with Crippen LogP contribution >= 0.6 is 15.9 Å². The van der Waals surface area contributed by atoms with Crippen LogP contribution in [-0.4, -0.2) is 11.9 Å². The molecule has 1 nitrogen and oxygen atoms in total. The summed E-state index contributed by atoms with van der Waals surface area (Å²) in [6, 6.07) is 8.76. The number of hydrogen-bond donors (Lipinski definition) is 0. The summed E-state index contributed by atoms with van der Waals surface area (Å²) in [4.78, 5) is 0. The van der Waals surface area contributed by atoms with E-state index in [2.05, 4.69) is 47.1 Å². The summed E-state index contributed by atoms with van der Waals surface area (Å²) in [5.41, 5.74) is 1.45. The highest BCUT2D eigenvalue weighted by Gasteiger charge is 1.97. The van der Waals surface area contributed by atoms with Crippen molar-refractivity contribution in [3.63, 3.8) is 0 Å². The topological polar surface area (TPSA) is 9.23 Å². The van der Waals surface area contributed by atoms with E-state index in [9.17, 15) is 0 Å². The molecule has 1 rings (SSSR count). The first-order valence-corrected chi connectivity index (χ1v) is 11.3. The minimum Gasteiger partial charge on any atom is -0.494 e. The van der Waals surface area contributed by atoms with Crippen molar-refractivity contribution in [2.75, 3.05) is 11.9 Å². The van der Waals surface area contributed by atoms with Crippen LogP contribution in [0.5, 0.6) is 5.75 Å². The quantitative estimate of drug-likeness (QED) is 0.205. The van der Waals surface area contributed by atoms with E-state index < -0.39 is 0 Å². The maximum Gasteiger partial charge on any atom is 0.119 e. The molecule has 0 N–H and O–H groups in total. The van der Waals surface area contributed by atoms with E-state index in [-0.39, 0.29) is 0 Å². The Kier molecular flexibility index (Phi) is 14.4. The van der Waals surface area contributed by atoms with E-state index in [4.69, 9.17) is 4.74 Å². The molecular weight excluding hydrogens is 360 g/mol. The molecule has 2 heteroatoms. The summed E-state index contributed by atoms with van der Waals surface area (Å²) in [5, 5.41) is 1.14. The smallest absolute Gasteiger partial charge is 0.119 e. The Labute approximate surface area is 158 Å². The number of aryl methyl sites for hydroxylation is 1. The third-order valence-electron chi connectivity index (χ3n) is 4.54. The van der Waals surface area contributed by atoms with Crippen LogP contribution in [0, 0.1) is 0 Å². The van der Waals surface area contributed by atoms with Crippen LogP contribution < -0.4 is 4.74 Å². The van der Waals surface area contributed by atoms with Crippen LogP contribution in [0.3, 0.4) is 0 Å². The minimum atomic E-state index is 0.856. The first kappa shape index (κ1) is 21.5. The molecule has 0 unspecified atom stereocenters. The predicted molar refractivity (Wildman–Crippen MR) is 111 cm³/mol. The number of rotatable bonds is 16. The molecule has 0 atom stereocenters. The Morgan fingerprint density at radius 1 is 0.708 bits per heavy atom. The molecule has 0 saturated carbocycles. The van der Waals surface area contributed by atoms with E-state index in [1.54, 1.807) is 0 Å². The van der Waals surface area contributed by atoms with Crippen molar-refractivity contribution in [1.82, 2.24) is 0 Å². The van der Waals surface area contributed by atoms with Crippen LogP contribution in [0.1, 0.15) is 89.5 Å². The number of unbranched alkanes of at least 4 members (excludes halogenated alkanes) is 10. The third-order valence-corrected chi connectivity index (χ3v) is 5.10. The summed E-state index contributed by atoms with van der Waals surface area (Å²) >= 11 is 3.48. The largest absolute Gasteiger partial charge is 0.494 e. The first-order valence-electron chi connectivity index (χ1n) is 10.1. The fraction of sp³-hybridized carbons (Fsp3) is 0.727. The molecule has 24 heavy (non-hydrogen) atoms. The molecule has 0 amide bonds. The SMILES string of the molecule is CCCCCCCCc1ccc(OCCCCCCCCBr)cc1. The highest BCUT2D eigenvalue weighted by molar-refractivity contribution is 9.09. The van der Waals surface area contributed by atoms with Crippen molar-refractivity contribution in [2.45, 2.75) is 90.4 Å². The van der Waals surface area contributed by atoms with Crippen molar-refractivity contribution in [2.24, 2.45) is 0 Å². The third kappa shape index (κ3) is 11.9. The van der Waals surface area contributed by atoms with E-state index in [1.807, 2.05) is 0 Å². The van der Waals surface area contributed by atoms with Crippen LogP contribution in [0.25, 0.3) is 0 Å². The van der Waals surface area contributed by atoms with Crippen LogP contribution in [-0.2, 0) is 6.42 Å². The molecule has 1 aromatic rings. The van der Waals surface area contributed by atoms with Crippen molar-refractivity contribution in [3.8, 4) is 5.75 Å². The van der Waals surface area contributed by atoms with Gasteiger partial charge in [0.2, 0.25) is 0 Å². The molecule has 138 valence electrons. The predicted octanol–water partition coefficient (Wildman–Crippen LogP) is 7.70. The number of alkyl halides is 1. The minimum absolute atomic E-state index is 0.856. The van der Waals surface area contributed by atoms with Crippen molar-refractivity contribution in [3.05, 3.63) is 29.8 Å². The number of benzene rings is 1. The zero-order valence-electron chi connectivity index (χ0n) is 15.7. The van der Waals surface area contributed by atoms with Gasteiger partial charge in [-0.1, -0.05) is 92.8 Å². The lowest BCUT2D eigenvalue weighted by Gasteiger charge is -2.07. The normalized spacial score (nSPS) is 10.9. The van der Waals surface area contributed by atoms with Crippen molar-refractivity contribution >= 4 is 15.9 Å². The fourth-order valence-electron chi connectivity index (χ4n) is 2.96. The van der Waals surface area contributed by atoms with Gasteiger partial charge in [-0.15, -0.1) is 0 Å². The lowest BCUT2D eigenvalue weighted by Crippen LogP contribution is -1.97. The summed E-state index contributed by atoms with van der Waals surface area (Å²) in [6.45, 7) is 3.13. The molecule has 0 aliphatic heterocycles. The zero-order valence-corrected chi connectivity index (χ0v) is 17.3. The van der Waals surface area contributed by atoms with Gasteiger partial charge in [-0.2, -0.15) is 0 Å².